The van der Waals surface area contributed by atoms with Gasteiger partial charge in [-0.05, 0) is 49.6 Å². The van der Waals surface area contributed by atoms with Crippen LogP contribution in [0.3, 0.4) is 0 Å². The third-order valence-corrected chi connectivity index (χ3v) is 6.29. The summed E-state index contributed by atoms with van der Waals surface area (Å²) >= 11 is 0. The minimum atomic E-state index is -0.688. The average Bonchev–Trinajstić information content (AvgIpc) is 3.47. The monoisotopic (exact) mass is 393 g/mol. The van der Waals surface area contributed by atoms with Crippen LogP contribution in [0.4, 0.5) is 5.69 Å². The Morgan fingerprint density at radius 2 is 1.97 bits per heavy atom. The summed E-state index contributed by atoms with van der Waals surface area (Å²) in [5.74, 6) is 0.250. The normalized spacial score (nSPS) is 24.1. The SMILES string of the molecule is O=C(N[C@H]1CCN2C(=O)c3cc(-c4ccco4)ccc3NC(=O)[C@H]12)C1CCCC1. The fourth-order valence-electron chi connectivity index (χ4n) is 4.77. The van der Waals surface area contributed by atoms with Gasteiger partial charge in [0, 0.05) is 18.0 Å². The van der Waals surface area contributed by atoms with Crippen molar-refractivity contribution in [2.24, 2.45) is 5.92 Å². The molecular weight excluding hydrogens is 370 g/mol. The van der Waals surface area contributed by atoms with E-state index in [0.29, 0.717) is 30.0 Å². The molecule has 1 saturated heterocycles. The first-order chi connectivity index (χ1) is 14.1. The number of rotatable bonds is 3. The largest absolute Gasteiger partial charge is 0.464 e. The molecule has 0 radical (unpaired) electrons. The Morgan fingerprint density at radius 3 is 2.72 bits per heavy atom. The maximum absolute atomic E-state index is 13.3. The zero-order valence-corrected chi connectivity index (χ0v) is 16.0. The number of hydrogen-bond donors (Lipinski definition) is 2. The van der Waals surface area contributed by atoms with E-state index in [1.54, 1.807) is 29.4 Å². The van der Waals surface area contributed by atoms with E-state index in [4.69, 9.17) is 4.42 Å². The van der Waals surface area contributed by atoms with E-state index < -0.39 is 6.04 Å². The number of furan rings is 1. The van der Waals surface area contributed by atoms with E-state index in [0.717, 1.165) is 31.2 Å². The third-order valence-electron chi connectivity index (χ3n) is 6.29. The van der Waals surface area contributed by atoms with Crippen molar-refractivity contribution in [1.82, 2.24) is 10.2 Å². The molecule has 0 spiro atoms. The molecule has 1 saturated carbocycles. The van der Waals surface area contributed by atoms with Crippen LogP contribution >= 0.6 is 0 Å². The molecule has 2 aliphatic heterocycles. The van der Waals surface area contributed by atoms with Crippen molar-refractivity contribution in [2.45, 2.75) is 44.2 Å². The van der Waals surface area contributed by atoms with Gasteiger partial charge >= 0.3 is 0 Å². The van der Waals surface area contributed by atoms with Gasteiger partial charge in [0.05, 0.1) is 23.6 Å². The van der Waals surface area contributed by atoms with Gasteiger partial charge in [-0.3, -0.25) is 14.4 Å². The van der Waals surface area contributed by atoms with Crippen LogP contribution in [-0.4, -0.2) is 41.2 Å². The Kier molecular flexibility index (Phi) is 4.38. The molecule has 150 valence electrons. The standard InChI is InChI=1S/C22H23N3O4/c26-20(13-4-1-2-5-13)24-17-9-10-25-19(17)21(27)23-16-8-7-14(12-15(16)22(25)28)18-6-3-11-29-18/h3,6-8,11-13,17,19H,1-2,4-5,9-10H2,(H,23,27)(H,24,26)/t17-,19-/m0/s1. The first-order valence-electron chi connectivity index (χ1n) is 10.2. The summed E-state index contributed by atoms with van der Waals surface area (Å²) in [7, 11) is 0. The van der Waals surface area contributed by atoms with Gasteiger partial charge in [0.2, 0.25) is 11.8 Å². The number of anilines is 1. The topological polar surface area (TPSA) is 91.7 Å². The molecule has 0 bridgehead atoms. The molecule has 2 atom stereocenters. The summed E-state index contributed by atoms with van der Waals surface area (Å²) < 4.78 is 5.43. The lowest BCUT2D eigenvalue weighted by atomic mass is 10.0. The smallest absolute Gasteiger partial charge is 0.256 e. The summed E-state index contributed by atoms with van der Waals surface area (Å²) in [6.07, 6.45) is 6.11. The van der Waals surface area contributed by atoms with E-state index in [9.17, 15) is 14.4 Å². The van der Waals surface area contributed by atoms with E-state index >= 15 is 0 Å². The maximum Gasteiger partial charge on any atom is 0.256 e. The summed E-state index contributed by atoms with van der Waals surface area (Å²) in [5, 5.41) is 5.94. The van der Waals surface area contributed by atoms with Crippen molar-refractivity contribution in [3.63, 3.8) is 0 Å². The molecule has 3 heterocycles. The summed E-state index contributed by atoms with van der Waals surface area (Å²) in [5.41, 5.74) is 1.71. The number of carbonyl (C=O) groups excluding carboxylic acids is 3. The van der Waals surface area contributed by atoms with Crippen molar-refractivity contribution in [1.29, 1.82) is 0 Å². The van der Waals surface area contributed by atoms with Gasteiger partial charge in [-0.1, -0.05) is 12.8 Å². The summed E-state index contributed by atoms with van der Waals surface area (Å²) in [4.78, 5) is 40.4. The fourth-order valence-corrected chi connectivity index (χ4v) is 4.77. The number of nitrogens with one attached hydrogen (secondary N) is 2. The molecule has 1 aliphatic carbocycles. The third kappa shape index (κ3) is 3.10. The summed E-state index contributed by atoms with van der Waals surface area (Å²) in [6.45, 7) is 0.441. The van der Waals surface area contributed by atoms with Crippen LogP contribution in [0.15, 0.2) is 41.0 Å². The van der Waals surface area contributed by atoms with Gasteiger partial charge in [0.15, 0.2) is 0 Å². The second-order valence-corrected chi connectivity index (χ2v) is 8.06. The van der Waals surface area contributed by atoms with E-state index in [-0.39, 0.29) is 29.7 Å². The first-order valence-corrected chi connectivity index (χ1v) is 10.2. The molecule has 2 aromatic rings. The molecule has 29 heavy (non-hydrogen) atoms. The first kappa shape index (κ1) is 18.0. The van der Waals surface area contributed by atoms with Crippen molar-refractivity contribution in [2.75, 3.05) is 11.9 Å². The molecule has 1 aromatic carbocycles. The molecule has 0 unspecified atom stereocenters. The molecule has 2 N–H and O–H groups in total. The van der Waals surface area contributed by atoms with Gasteiger partial charge in [0.25, 0.3) is 5.91 Å². The Hall–Kier alpha value is -3.09. The average molecular weight is 393 g/mol. The lowest BCUT2D eigenvalue weighted by Crippen LogP contribution is -2.52. The van der Waals surface area contributed by atoms with Crippen molar-refractivity contribution in [3.8, 4) is 11.3 Å². The Morgan fingerprint density at radius 1 is 1.14 bits per heavy atom. The van der Waals surface area contributed by atoms with Crippen LogP contribution in [0, 0.1) is 5.92 Å². The molecule has 7 nitrogen and oxygen atoms in total. The minimum Gasteiger partial charge on any atom is -0.464 e. The van der Waals surface area contributed by atoms with Gasteiger partial charge in [0.1, 0.15) is 11.8 Å². The number of hydrogen-bond acceptors (Lipinski definition) is 4. The molecule has 7 heteroatoms. The number of amides is 3. The van der Waals surface area contributed by atoms with Crippen molar-refractivity contribution >= 4 is 23.4 Å². The van der Waals surface area contributed by atoms with Crippen molar-refractivity contribution < 1.29 is 18.8 Å². The second kappa shape index (κ2) is 7.06. The van der Waals surface area contributed by atoms with Crippen LogP contribution in [-0.2, 0) is 9.59 Å². The summed E-state index contributed by atoms with van der Waals surface area (Å²) in [6, 6.07) is 7.88. The molecule has 1 aromatic heterocycles. The predicted molar refractivity (Wildman–Crippen MR) is 106 cm³/mol. The minimum absolute atomic E-state index is 0.0106. The Bertz CT molecular complexity index is 962. The predicted octanol–water partition coefficient (Wildman–Crippen LogP) is 2.79. The van der Waals surface area contributed by atoms with Gasteiger partial charge in [-0.25, -0.2) is 0 Å². The number of benzene rings is 1. The van der Waals surface area contributed by atoms with Gasteiger partial charge in [-0.2, -0.15) is 0 Å². The molecular formula is C22H23N3O4. The van der Waals surface area contributed by atoms with Crippen LogP contribution < -0.4 is 10.6 Å². The molecule has 2 fully saturated rings. The van der Waals surface area contributed by atoms with Crippen LogP contribution in [0.1, 0.15) is 42.5 Å². The van der Waals surface area contributed by atoms with E-state index in [2.05, 4.69) is 10.6 Å². The van der Waals surface area contributed by atoms with E-state index in [1.165, 1.54) is 0 Å². The number of nitrogens with zero attached hydrogens (tertiary/aromatic N) is 1. The lowest BCUT2D eigenvalue weighted by Gasteiger charge is -2.25. The Balaban J connectivity index is 1.41. The number of fused-ring (bicyclic) bond motifs is 2. The highest BCUT2D eigenvalue weighted by Gasteiger charge is 2.45. The molecule has 5 rings (SSSR count). The highest BCUT2D eigenvalue weighted by molar-refractivity contribution is 6.11. The maximum atomic E-state index is 13.3. The highest BCUT2D eigenvalue weighted by atomic mass is 16.3. The van der Waals surface area contributed by atoms with Gasteiger partial charge in [-0.15, -0.1) is 0 Å². The van der Waals surface area contributed by atoms with Crippen LogP contribution in [0.2, 0.25) is 0 Å². The quantitative estimate of drug-likeness (QED) is 0.839. The van der Waals surface area contributed by atoms with E-state index in [1.807, 2.05) is 12.1 Å². The molecule has 3 aliphatic rings. The molecule has 3 amide bonds. The van der Waals surface area contributed by atoms with Crippen molar-refractivity contribution in [3.05, 3.63) is 42.2 Å². The highest BCUT2D eigenvalue weighted by Crippen LogP contribution is 2.33. The fraction of sp³-hybridized carbons (Fsp3) is 0.409. The van der Waals surface area contributed by atoms with Crippen LogP contribution in [0.25, 0.3) is 11.3 Å². The van der Waals surface area contributed by atoms with Gasteiger partial charge < -0.3 is 20.0 Å². The lowest BCUT2D eigenvalue weighted by molar-refractivity contribution is -0.126. The van der Waals surface area contributed by atoms with Crippen LogP contribution in [0.5, 0.6) is 0 Å². The zero-order chi connectivity index (χ0) is 20.0. The number of carbonyl (C=O) groups is 3. The Labute approximate surface area is 168 Å². The zero-order valence-electron chi connectivity index (χ0n) is 16.0. The second-order valence-electron chi connectivity index (χ2n) is 8.06.